The minimum Gasteiger partial charge on any atom is -0.321 e. The summed E-state index contributed by atoms with van der Waals surface area (Å²) in [5.41, 5.74) is 9.93. The molecule has 1 saturated heterocycles. The summed E-state index contributed by atoms with van der Waals surface area (Å²) >= 11 is 6.14. The number of sulfone groups is 1. The van der Waals surface area contributed by atoms with Crippen molar-refractivity contribution in [1.82, 2.24) is 4.90 Å². The smallest absolute Gasteiger partial charge is 0.176 e. The van der Waals surface area contributed by atoms with Crippen molar-refractivity contribution in [2.24, 2.45) is 5.73 Å². The Morgan fingerprint density at radius 3 is 1.89 bits per heavy atom. The fraction of sp³-hybridized carbons (Fsp3) is 0.310. The van der Waals surface area contributed by atoms with Gasteiger partial charge in [-0.05, 0) is 64.9 Å². The van der Waals surface area contributed by atoms with Crippen LogP contribution in [0.25, 0.3) is 4.91 Å². The fourth-order valence-electron chi connectivity index (χ4n) is 5.05. The first-order valence-corrected chi connectivity index (χ1v) is 14.5. The quantitative estimate of drug-likeness (QED) is 0.354. The lowest BCUT2D eigenvalue weighted by Crippen LogP contribution is -2.44. The minimum atomic E-state index is -3.74. The highest BCUT2D eigenvalue weighted by atomic mass is 35.5. The summed E-state index contributed by atoms with van der Waals surface area (Å²) in [6, 6.07) is 18.5. The Labute approximate surface area is 222 Å². The van der Waals surface area contributed by atoms with Crippen LogP contribution in [0.2, 0.25) is 5.02 Å². The molecule has 0 aromatic heterocycles. The van der Waals surface area contributed by atoms with E-state index in [9.17, 15) is 17.2 Å². The second-order valence-electron chi connectivity index (χ2n) is 9.71. The summed E-state index contributed by atoms with van der Waals surface area (Å²) in [6.45, 7) is 4.82. The molecular weight excluding hydrogens is 514 g/mol. The third kappa shape index (κ3) is 5.80. The fourth-order valence-corrected chi connectivity index (χ4v) is 6.38. The topological polar surface area (TPSA) is 63.4 Å². The highest BCUT2D eigenvalue weighted by Gasteiger charge is 2.35. The number of nitrogens with two attached hydrogens (primary N) is 1. The van der Waals surface area contributed by atoms with Gasteiger partial charge in [0.25, 0.3) is 0 Å². The van der Waals surface area contributed by atoms with E-state index in [4.69, 9.17) is 17.3 Å². The van der Waals surface area contributed by atoms with Gasteiger partial charge in [-0.1, -0.05) is 61.8 Å². The number of halogens is 3. The molecule has 37 heavy (non-hydrogen) atoms. The van der Waals surface area contributed by atoms with E-state index in [1.165, 1.54) is 0 Å². The number of nitrogens with zero attached hydrogens (tertiary/aromatic N) is 1. The highest BCUT2D eigenvalue weighted by Crippen LogP contribution is 2.39. The lowest BCUT2D eigenvalue weighted by molar-refractivity contribution is 0.203. The molecule has 0 aliphatic carbocycles. The zero-order valence-electron chi connectivity index (χ0n) is 21.1. The average Bonchev–Trinajstić information content (AvgIpc) is 2.82. The van der Waals surface area contributed by atoms with Gasteiger partial charge in [0.2, 0.25) is 0 Å². The molecule has 0 amide bonds. The molecule has 196 valence electrons. The summed E-state index contributed by atoms with van der Waals surface area (Å²) in [4.78, 5) is 2.11. The highest BCUT2D eigenvalue weighted by molar-refractivity contribution is 8.00. The molecule has 1 aliphatic heterocycles. The molecule has 4 nitrogen and oxygen atoms in total. The van der Waals surface area contributed by atoms with Gasteiger partial charge in [0, 0.05) is 36.0 Å². The van der Waals surface area contributed by atoms with E-state index in [2.05, 4.69) is 43.0 Å². The van der Waals surface area contributed by atoms with Crippen molar-refractivity contribution in [2.75, 3.05) is 19.3 Å². The lowest BCUT2D eigenvalue weighted by Gasteiger charge is -2.42. The molecule has 1 atom stereocenters. The largest absolute Gasteiger partial charge is 0.321 e. The van der Waals surface area contributed by atoms with E-state index >= 15 is 0 Å². The van der Waals surface area contributed by atoms with Crippen LogP contribution in [0.4, 0.5) is 8.78 Å². The zero-order valence-corrected chi connectivity index (χ0v) is 22.7. The Morgan fingerprint density at radius 1 is 0.946 bits per heavy atom. The molecule has 1 unspecified atom stereocenters. The van der Waals surface area contributed by atoms with Gasteiger partial charge in [0.15, 0.2) is 9.84 Å². The number of hydrogen-bond donors (Lipinski definition) is 1. The average molecular weight is 545 g/mol. The predicted molar refractivity (Wildman–Crippen MR) is 146 cm³/mol. The van der Waals surface area contributed by atoms with Gasteiger partial charge in [-0.2, -0.15) is 0 Å². The second kappa shape index (κ2) is 10.7. The molecule has 1 fully saturated rings. The van der Waals surface area contributed by atoms with E-state index in [0.29, 0.717) is 23.7 Å². The lowest BCUT2D eigenvalue weighted by atomic mass is 9.84. The number of likely N-dealkylation sites (tertiary alicyclic amines) is 1. The van der Waals surface area contributed by atoms with Crippen LogP contribution in [0.3, 0.4) is 0 Å². The summed E-state index contributed by atoms with van der Waals surface area (Å²) in [5.74, 6) is -1.63. The van der Waals surface area contributed by atoms with Crippen LogP contribution in [0.1, 0.15) is 55.0 Å². The van der Waals surface area contributed by atoms with Crippen LogP contribution in [0, 0.1) is 11.6 Å². The maximum absolute atomic E-state index is 13.9. The van der Waals surface area contributed by atoms with Crippen molar-refractivity contribution in [3.8, 4) is 0 Å². The molecule has 0 radical (unpaired) electrons. The maximum atomic E-state index is 13.9. The van der Waals surface area contributed by atoms with Crippen LogP contribution in [0.5, 0.6) is 0 Å². The SMILES string of the molecule is CCC(N)(CC)c1ccc(C(c2ccc(Cl)cc2)N2CC(=C(c3cc(F)cc(F)c3)S(C)(=O)=O)C2)cc1. The van der Waals surface area contributed by atoms with Crippen LogP contribution in [0.15, 0.2) is 72.3 Å². The molecular formula is C29H31ClF2N2O2S. The Kier molecular flexibility index (Phi) is 7.91. The standard InChI is InChI=1S/C29H31ClF2N2O2S/c1-4-29(33,5-2)23-10-6-19(7-11-23)27(20-8-12-24(30)13-9-20)34-17-22(18-34)28(37(3,35)36)21-14-25(31)16-26(32)15-21/h6-16,27H,4-5,17-18,33H2,1-3H3. The zero-order chi connectivity index (χ0) is 27.0. The van der Waals surface area contributed by atoms with Crippen molar-refractivity contribution >= 4 is 26.3 Å². The molecule has 2 N–H and O–H groups in total. The first-order valence-electron chi connectivity index (χ1n) is 12.2. The summed E-state index contributed by atoms with van der Waals surface area (Å²) < 4.78 is 53.2. The maximum Gasteiger partial charge on any atom is 0.176 e. The molecule has 1 aliphatic rings. The Morgan fingerprint density at radius 2 is 1.43 bits per heavy atom. The summed E-state index contributed by atoms with van der Waals surface area (Å²) in [7, 11) is -3.74. The van der Waals surface area contributed by atoms with Crippen molar-refractivity contribution < 1.29 is 17.2 Å². The molecule has 4 rings (SSSR count). The van der Waals surface area contributed by atoms with Crippen molar-refractivity contribution in [3.05, 3.63) is 111 Å². The van der Waals surface area contributed by atoms with Crippen LogP contribution < -0.4 is 5.73 Å². The first-order chi connectivity index (χ1) is 17.4. The van der Waals surface area contributed by atoms with Crippen LogP contribution >= 0.6 is 11.6 Å². The third-order valence-electron chi connectivity index (χ3n) is 7.22. The van der Waals surface area contributed by atoms with Gasteiger partial charge in [-0.25, -0.2) is 17.2 Å². The van der Waals surface area contributed by atoms with Crippen molar-refractivity contribution in [2.45, 2.75) is 38.3 Å². The number of hydrogen-bond acceptors (Lipinski definition) is 4. The van der Waals surface area contributed by atoms with Crippen LogP contribution in [-0.2, 0) is 15.4 Å². The minimum absolute atomic E-state index is 0.0221. The first kappa shape index (κ1) is 27.5. The normalized spacial score (nSPS) is 15.4. The molecule has 3 aromatic rings. The van der Waals surface area contributed by atoms with Gasteiger partial charge in [0.05, 0.1) is 10.9 Å². The molecule has 1 heterocycles. The Bertz CT molecular complexity index is 1390. The molecule has 0 saturated carbocycles. The van der Waals surface area contributed by atoms with Gasteiger partial charge >= 0.3 is 0 Å². The monoisotopic (exact) mass is 544 g/mol. The van der Waals surface area contributed by atoms with Gasteiger partial charge < -0.3 is 5.73 Å². The number of benzene rings is 3. The third-order valence-corrected chi connectivity index (χ3v) is 8.74. The van der Waals surface area contributed by atoms with Gasteiger partial charge in [0.1, 0.15) is 11.6 Å². The Balaban J connectivity index is 1.73. The van der Waals surface area contributed by atoms with Crippen molar-refractivity contribution in [3.63, 3.8) is 0 Å². The number of rotatable bonds is 8. The van der Waals surface area contributed by atoms with E-state index in [1.807, 2.05) is 24.3 Å². The van der Waals surface area contributed by atoms with E-state index in [0.717, 1.165) is 54.0 Å². The molecule has 8 heteroatoms. The van der Waals surface area contributed by atoms with E-state index < -0.39 is 27.0 Å². The van der Waals surface area contributed by atoms with E-state index in [1.54, 1.807) is 0 Å². The summed E-state index contributed by atoms with van der Waals surface area (Å²) in [5, 5.41) is 0.619. The van der Waals surface area contributed by atoms with Gasteiger partial charge in [-0.15, -0.1) is 0 Å². The van der Waals surface area contributed by atoms with Gasteiger partial charge in [-0.3, -0.25) is 4.90 Å². The Hall–Kier alpha value is -2.58. The summed E-state index contributed by atoms with van der Waals surface area (Å²) in [6.07, 6.45) is 2.70. The molecule has 0 spiro atoms. The van der Waals surface area contributed by atoms with Crippen LogP contribution in [-0.4, -0.2) is 32.7 Å². The second-order valence-corrected chi connectivity index (χ2v) is 12.1. The predicted octanol–water partition coefficient (Wildman–Crippen LogP) is 6.45. The van der Waals surface area contributed by atoms with Crippen molar-refractivity contribution in [1.29, 1.82) is 0 Å². The molecule has 3 aromatic carbocycles. The molecule has 0 bridgehead atoms. The van der Waals surface area contributed by atoms with E-state index in [-0.39, 0.29) is 16.5 Å².